The Balaban J connectivity index is 2.80. The molecule has 4 nitrogen and oxygen atoms in total. The van der Waals surface area contributed by atoms with Crippen molar-refractivity contribution in [1.29, 1.82) is 0 Å². The highest BCUT2D eigenvalue weighted by molar-refractivity contribution is 5.90. The Kier molecular flexibility index (Phi) is 5.17. The molecular weight excluding hydrogens is 259 g/mol. The van der Waals surface area contributed by atoms with Crippen molar-refractivity contribution in [1.82, 2.24) is 10.2 Å². The lowest BCUT2D eigenvalue weighted by molar-refractivity contribution is -0.136. The monoisotopic (exact) mass is 275 g/mol. The highest BCUT2D eigenvalue weighted by Gasteiger charge is 2.33. The first kappa shape index (κ1) is 15.3. The van der Waals surface area contributed by atoms with Crippen molar-refractivity contribution in [2.75, 3.05) is 32.5 Å². The number of rotatable bonds is 4. The van der Waals surface area contributed by atoms with Crippen LogP contribution in [0, 0.1) is 0 Å². The highest BCUT2D eigenvalue weighted by atomic mass is 19.4. The summed E-state index contributed by atoms with van der Waals surface area (Å²) in [7, 11) is 3.24. The third-order valence-electron chi connectivity index (χ3n) is 2.52. The third kappa shape index (κ3) is 4.44. The first-order valence-corrected chi connectivity index (χ1v) is 5.69. The number of anilines is 1. The summed E-state index contributed by atoms with van der Waals surface area (Å²) in [5, 5.41) is 5.12. The van der Waals surface area contributed by atoms with Gasteiger partial charge in [-0.05, 0) is 19.2 Å². The van der Waals surface area contributed by atoms with Crippen molar-refractivity contribution >= 4 is 11.7 Å². The second-order valence-corrected chi connectivity index (χ2v) is 4.00. The van der Waals surface area contributed by atoms with E-state index in [1.165, 1.54) is 30.1 Å². The SMILES string of the molecule is CNCCN(C)C(=O)Nc1ccccc1C(F)(F)F. The van der Waals surface area contributed by atoms with Crippen LogP contribution in [0.5, 0.6) is 0 Å². The molecule has 0 radical (unpaired) electrons. The molecule has 7 heteroatoms. The summed E-state index contributed by atoms with van der Waals surface area (Å²) in [5.41, 5.74) is -1.10. The number of nitrogens with zero attached hydrogens (tertiary/aromatic N) is 1. The Hall–Kier alpha value is -1.76. The van der Waals surface area contributed by atoms with Crippen LogP contribution in [0.2, 0.25) is 0 Å². The van der Waals surface area contributed by atoms with Gasteiger partial charge in [-0.2, -0.15) is 13.2 Å². The van der Waals surface area contributed by atoms with Gasteiger partial charge in [-0.25, -0.2) is 4.79 Å². The number of alkyl halides is 3. The molecule has 106 valence electrons. The van der Waals surface area contributed by atoms with Crippen molar-refractivity contribution in [3.8, 4) is 0 Å². The zero-order valence-electron chi connectivity index (χ0n) is 10.7. The third-order valence-corrected chi connectivity index (χ3v) is 2.52. The smallest absolute Gasteiger partial charge is 0.326 e. The molecule has 1 aromatic rings. The molecule has 1 rings (SSSR count). The maximum Gasteiger partial charge on any atom is 0.418 e. The summed E-state index contributed by atoms with van der Waals surface area (Å²) < 4.78 is 38.2. The first-order valence-electron chi connectivity index (χ1n) is 5.69. The van der Waals surface area contributed by atoms with Crippen molar-refractivity contribution in [2.45, 2.75) is 6.18 Å². The maximum atomic E-state index is 12.7. The van der Waals surface area contributed by atoms with Crippen LogP contribution in [-0.4, -0.2) is 38.1 Å². The number of urea groups is 1. The number of carbonyl (C=O) groups is 1. The minimum Gasteiger partial charge on any atom is -0.326 e. The van der Waals surface area contributed by atoms with E-state index in [0.29, 0.717) is 13.1 Å². The molecule has 0 spiro atoms. The quantitative estimate of drug-likeness (QED) is 0.886. The average Bonchev–Trinajstić information content (AvgIpc) is 2.35. The fraction of sp³-hybridized carbons (Fsp3) is 0.417. The number of hydrogen-bond donors (Lipinski definition) is 2. The molecule has 0 bridgehead atoms. The molecule has 0 aliphatic rings. The van der Waals surface area contributed by atoms with Crippen molar-refractivity contribution in [3.63, 3.8) is 0 Å². The molecule has 1 aromatic carbocycles. The minimum atomic E-state index is -4.49. The zero-order chi connectivity index (χ0) is 14.5. The van der Waals surface area contributed by atoms with Crippen molar-refractivity contribution in [2.24, 2.45) is 0 Å². The predicted octanol–water partition coefficient (Wildman–Crippen LogP) is 2.39. The number of likely N-dealkylation sites (N-methyl/N-ethyl adjacent to an activating group) is 2. The van der Waals surface area contributed by atoms with E-state index in [0.717, 1.165) is 6.07 Å². The summed E-state index contributed by atoms with van der Waals surface area (Å²) in [6, 6.07) is 4.31. The van der Waals surface area contributed by atoms with Crippen LogP contribution in [-0.2, 0) is 6.18 Å². The largest absolute Gasteiger partial charge is 0.418 e. The van der Waals surface area contributed by atoms with E-state index in [-0.39, 0.29) is 5.69 Å². The molecule has 0 saturated carbocycles. The van der Waals surface area contributed by atoms with Crippen LogP contribution in [0.3, 0.4) is 0 Å². The standard InChI is InChI=1S/C12H16F3N3O/c1-16-7-8-18(2)11(19)17-10-6-4-3-5-9(10)12(13,14)15/h3-6,16H,7-8H2,1-2H3,(H,17,19). The summed E-state index contributed by atoms with van der Waals surface area (Å²) in [5.74, 6) is 0. The van der Waals surface area contributed by atoms with Gasteiger partial charge < -0.3 is 15.5 Å². The molecule has 0 aliphatic heterocycles. The summed E-state index contributed by atoms with van der Waals surface area (Å²) >= 11 is 0. The van der Waals surface area contributed by atoms with E-state index in [2.05, 4.69) is 10.6 Å². The molecular formula is C12H16F3N3O. The number of hydrogen-bond acceptors (Lipinski definition) is 2. The molecule has 0 aromatic heterocycles. The number of halogens is 3. The van der Waals surface area contributed by atoms with Gasteiger partial charge in [0, 0.05) is 20.1 Å². The lowest BCUT2D eigenvalue weighted by Crippen LogP contribution is -2.36. The summed E-state index contributed by atoms with van der Waals surface area (Å²) in [6.07, 6.45) is -4.49. The van der Waals surface area contributed by atoms with Gasteiger partial charge in [0.2, 0.25) is 0 Å². The normalized spacial score (nSPS) is 11.2. The second-order valence-electron chi connectivity index (χ2n) is 4.00. The molecule has 0 atom stereocenters. The van der Waals surface area contributed by atoms with Gasteiger partial charge in [0.15, 0.2) is 0 Å². The molecule has 2 N–H and O–H groups in total. The van der Waals surface area contributed by atoms with Gasteiger partial charge in [0.1, 0.15) is 0 Å². The van der Waals surface area contributed by atoms with Gasteiger partial charge in [-0.3, -0.25) is 0 Å². The zero-order valence-corrected chi connectivity index (χ0v) is 10.7. The Morgan fingerprint density at radius 3 is 2.53 bits per heavy atom. The highest BCUT2D eigenvalue weighted by Crippen LogP contribution is 2.34. The van der Waals surface area contributed by atoms with Crippen LogP contribution in [0.4, 0.5) is 23.7 Å². The molecule has 0 fully saturated rings. The van der Waals surface area contributed by atoms with E-state index < -0.39 is 17.8 Å². The van der Waals surface area contributed by atoms with E-state index in [9.17, 15) is 18.0 Å². The molecule has 19 heavy (non-hydrogen) atoms. The summed E-state index contributed by atoms with van der Waals surface area (Å²) in [4.78, 5) is 13.0. The average molecular weight is 275 g/mol. The van der Waals surface area contributed by atoms with Gasteiger partial charge >= 0.3 is 12.2 Å². The van der Waals surface area contributed by atoms with Gasteiger partial charge in [0.05, 0.1) is 11.3 Å². The van der Waals surface area contributed by atoms with E-state index in [1.54, 1.807) is 7.05 Å². The number of nitrogens with one attached hydrogen (secondary N) is 2. The fourth-order valence-corrected chi connectivity index (χ4v) is 1.43. The predicted molar refractivity (Wildman–Crippen MR) is 67.0 cm³/mol. The van der Waals surface area contributed by atoms with Crippen molar-refractivity contribution in [3.05, 3.63) is 29.8 Å². The van der Waals surface area contributed by atoms with Gasteiger partial charge in [-0.15, -0.1) is 0 Å². The molecule has 0 aliphatic carbocycles. The minimum absolute atomic E-state index is 0.240. The van der Waals surface area contributed by atoms with E-state index in [4.69, 9.17) is 0 Å². The van der Waals surface area contributed by atoms with Crippen LogP contribution >= 0.6 is 0 Å². The number of benzene rings is 1. The topological polar surface area (TPSA) is 44.4 Å². The first-order chi connectivity index (χ1) is 8.86. The Morgan fingerprint density at radius 1 is 1.32 bits per heavy atom. The van der Waals surface area contributed by atoms with Gasteiger partial charge in [-0.1, -0.05) is 12.1 Å². The lowest BCUT2D eigenvalue weighted by Gasteiger charge is -2.19. The molecule has 0 saturated heterocycles. The fourth-order valence-electron chi connectivity index (χ4n) is 1.43. The Bertz CT molecular complexity index is 434. The van der Waals surface area contributed by atoms with Crippen LogP contribution in [0.25, 0.3) is 0 Å². The number of carbonyl (C=O) groups excluding carboxylic acids is 1. The van der Waals surface area contributed by atoms with Crippen molar-refractivity contribution < 1.29 is 18.0 Å². The molecule has 0 unspecified atom stereocenters. The Labute approximate surface area is 109 Å². The van der Waals surface area contributed by atoms with Crippen LogP contribution < -0.4 is 10.6 Å². The second kappa shape index (κ2) is 6.42. The van der Waals surface area contributed by atoms with E-state index >= 15 is 0 Å². The van der Waals surface area contributed by atoms with Crippen LogP contribution in [0.1, 0.15) is 5.56 Å². The number of para-hydroxylation sites is 1. The maximum absolute atomic E-state index is 12.7. The van der Waals surface area contributed by atoms with E-state index in [1.807, 2.05) is 0 Å². The molecule has 2 amide bonds. The lowest BCUT2D eigenvalue weighted by atomic mass is 10.1. The Morgan fingerprint density at radius 2 is 1.95 bits per heavy atom. The number of amides is 2. The van der Waals surface area contributed by atoms with Gasteiger partial charge in [0.25, 0.3) is 0 Å². The molecule has 0 heterocycles. The summed E-state index contributed by atoms with van der Waals surface area (Å²) in [6.45, 7) is 0.960. The van der Waals surface area contributed by atoms with Crippen LogP contribution in [0.15, 0.2) is 24.3 Å².